The summed E-state index contributed by atoms with van der Waals surface area (Å²) in [6.45, 7) is 1.95. The predicted molar refractivity (Wildman–Crippen MR) is 62.7 cm³/mol. The number of alkyl halides is 3. The van der Waals surface area contributed by atoms with Crippen LogP contribution in [0, 0.1) is 0 Å². The number of halogens is 3. The van der Waals surface area contributed by atoms with Gasteiger partial charge in [0.1, 0.15) is 0 Å². The van der Waals surface area contributed by atoms with Crippen molar-refractivity contribution in [3.8, 4) is 0 Å². The summed E-state index contributed by atoms with van der Waals surface area (Å²) >= 11 is 0. The van der Waals surface area contributed by atoms with Crippen LogP contribution in [0.1, 0.15) is 37.7 Å². The molecule has 0 fully saturated rings. The van der Waals surface area contributed by atoms with E-state index in [0.717, 1.165) is 5.56 Å². The van der Waals surface area contributed by atoms with E-state index in [-0.39, 0.29) is 18.4 Å². The average Bonchev–Trinajstić information content (AvgIpc) is 2.27. The largest absolute Gasteiger partial charge is 0.389 e. The minimum atomic E-state index is -4.07. The standard InChI is InChI=1S/C13H18F3N/c1-10(11-6-3-2-4-7-11)12(17)8-5-9-13(14,15)16/h2-4,6-7,10,12H,5,8-9,17H2,1H3. The lowest BCUT2D eigenvalue weighted by Crippen LogP contribution is -2.27. The van der Waals surface area contributed by atoms with Gasteiger partial charge in [0.25, 0.3) is 0 Å². The zero-order chi connectivity index (χ0) is 12.9. The van der Waals surface area contributed by atoms with Crippen LogP contribution in [0.4, 0.5) is 13.2 Å². The third-order valence-corrected chi connectivity index (χ3v) is 2.97. The molecule has 2 unspecified atom stereocenters. The van der Waals surface area contributed by atoms with Crippen molar-refractivity contribution >= 4 is 0 Å². The fraction of sp³-hybridized carbons (Fsp3) is 0.538. The van der Waals surface area contributed by atoms with Crippen LogP contribution in [-0.4, -0.2) is 12.2 Å². The Kier molecular flexibility index (Phi) is 5.00. The fourth-order valence-electron chi connectivity index (χ4n) is 1.79. The van der Waals surface area contributed by atoms with Crippen molar-refractivity contribution in [1.29, 1.82) is 0 Å². The van der Waals surface area contributed by atoms with Crippen molar-refractivity contribution in [2.75, 3.05) is 0 Å². The van der Waals surface area contributed by atoms with Crippen LogP contribution in [0.5, 0.6) is 0 Å². The Balaban J connectivity index is 2.40. The Morgan fingerprint density at radius 3 is 2.29 bits per heavy atom. The molecule has 1 aromatic rings. The first kappa shape index (κ1) is 14.0. The number of benzene rings is 1. The van der Waals surface area contributed by atoms with Gasteiger partial charge in [-0.3, -0.25) is 0 Å². The molecule has 2 N–H and O–H groups in total. The topological polar surface area (TPSA) is 26.0 Å². The monoisotopic (exact) mass is 245 g/mol. The van der Waals surface area contributed by atoms with Gasteiger partial charge in [0.15, 0.2) is 0 Å². The molecule has 0 heterocycles. The average molecular weight is 245 g/mol. The zero-order valence-electron chi connectivity index (χ0n) is 9.87. The van der Waals surface area contributed by atoms with Gasteiger partial charge in [-0.05, 0) is 24.3 Å². The molecule has 4 heteroatoms. The van der Waals surface area contributed by atoms with Crippen LogP contribution in [0.3, 0.4) is 0 Å². The predicted octanol–water partition coefficient (Wildman–Crippen LogP) is 3.85. The van der Waals surface area contributed by atoms with E-state index >= 15 is 0 Å². The molecule has 0 aliphatic rings. The maximum absolute atomic E-state index is 12.0. The molecule has 96 valence electrons. The van der Waals surface area contributed by atoms with E-state index in [1.807, 2.05) is 37.3 Å². The molecule has 2 atom stereocenters. The second-order valence-electron chi connectivity index (χ2n) is 4.37. The summed E-state index contributed by atoms with van der Waals surface area (Å²) in [6, 6.07) is 9.41. The molecule has 0 amide bonds. The molecule has 0 spiro atoms. The molecule has 0 bridgehead atoms. The van der Waals surface area contributed by atoms with Crippen molar-refractivity contribution in [1.82, 2.24) is 0 Å². The van der Waals surface area contributed by atoms with Crippen molar-refractivity contribution in [3.05, 3.63) is 35.9 Å². The fourth-order valence-corrected chi connectivity index (χ4v) is 1.79. The first-order valence-corrected chi connectivity index (χ1v) is 5.77. The maximum Gasteiger partial charge on any atom is 0.389 e. The number of nitrogens with two attached hydrogens (primary N) is 1. The van der Waals surface area contributed by atoms with Gasteiger partial charge in [0.2, 0.25) is 0 Å². The lowest BCUT2D eigenvalue weighted by atomic mass is 9.91. The molecule has 0 aliphatic heterocycles. The number of rotatable bonds is 5. The SMILES string of the molecule is CC(c1ccccc1)C(N)CCCC(F)(F)F. The van der Waals surface area contributed by atoms with E-state index < -0.39 is 12.6 Å². The molecular weight excluding hydrogens is 227 g/mol. The third-order valence-electron chi connectivity index (χ3n) is 2.97. The summed E-state index contributed by atoms with van der Waals surface area (Å²) in [5, 5.41) is 0. The van der Waals surface area contributed by atoms with Crippen LogP contribution in [0.15, 0.2) is 30.3 Å². The van der Waals surface area contributed by atoms with Gasteiger partial charge in [-0.1, -0.05) is 37.3 Å². The number of hydrogen-bond acceptors (Lipinski definition) is 1. The van der Waals surface area contributed by atoms with E-state index in [2.05, 4.69) is 0 Å². The Hall–Kier alpha value is -1.03. The number of hydrogen-bond donors (Lipinski definition) is 1. The Bertz CT molecular complexity index is 321. The maximum atomic E-state index is 12.0. The Morgan fingerprint density at radius 2 is 1.76 bits per heavy atom. The molecule has 0 aromatic heterocycles. The summed E-state index contributed by atoms with van der Waals surface area (Å²) in [5.74, 6) is 0.0874. The highest BCUT2D eigenvalue weighted by Gasteiger charge is 2.27. The smallest absolute Gasteiger partial charge is 0.327 e. The molecule has 17 heavy (non-hydrogen) atoms. The Labute approximate surface area is 99.8 Å². The third kappa shape index (κ3) is 5.22. The first-order chi connectivity index (χ1) is 7.90. The minimum absolute atomic E-state index is 0.0874. The highest BCUT2D eigenvalue weighted by atomic mass is 19.4. The van der Waals surface area contributed by atoms with Gasteiger partial charge < -0.3 is 5.73 Å². The highest BCUT2D eigenvalue weighted by Crippen LogP contribution is 2.25. The Morgan fingerprint density at radius 1 is 1.18 bits per heavy atom. The van der Waals surface area contributed by atoms with Crippen LogP contribution < -0.4 is 5.73 Å². The summed E-state index contributed by atoms with van der Waals surface area (Å²) in [6.07, 6.45) is -4.32. The molecule has 1 rings (SSSR count). The first-order valence-electron chi connectivity index (χ1n) is 5.77. The lowest BCUT2D eigenvalue weighted by Gasteiger charge is -2.20. The molecule has 0 saturated heterocycles. The van der Waals surface area contributed by atoms with Gasteiger partial charge in [0, 0.05) is 12.5 Å². The summed E-state index contributed by atoms with van der Waals surface area (Å²) in [5.41, 5.74) is 6.99. The van der Waals surface area contributed by atoms with E-state index in [0.29, 0.717) is 6.42 Å². The van der Waals surface area contributed by atoms with Crippen molar-refractivity contribution < 1.29 is 13.2 Å². The van der Waals surface area contributed by atoms with Crippen molar-refractivity contribution in [2.24, 2.45) is 5.73 Å². The van der Waals surface area contributed by atoms with Gasteiger partial charge in [0.05, 0.1) is 0 Å². The normalized spacial score (nSPS) is 15.6. The summed E-state index contributed by atoms with van der Waals surface area (Å²) < 4.78 is 36.0. The zero-order valence-corrected chi connectivity index (χ0v) is 9.87. The van der Waals surface area contributed by atoms with E-state index in [9.17, 15) is 13.2 Å². The molecule has 1 aromatic carbocycles. The molecule has 0 radical (unpaired) electrons. The second-order valence-corrected chi connectivity index (χ2v) is 4.37. The van der Waals surface area contributed by atoms with Crippen LogP contribution >= 0.6 is 0 Å². The lowest BCUT2D eigenvalue weighted by molar-refractivity contribution is -0.135. The van der Waals surface area contributed by atoms with Crippen LogP contribution in [0.25, 0.3) is 0 Å². The van der Waals surface area contributed by atoms with Gasteiger partial charge >= 0.3 is 6.18 Å². The van der Waals surface area contributed by atoms with E-state index in [1.165, 1.54) is 0 Å². The van der Waals surface area contributed by atoms with Crippen LogP contribution in [0.2, 0.25) is 0 Å². The summed E-state index contributed by atoms with van der Waals surface area (Å²) in [4.78, 5) is 0. The van der Waals surface area contributed by atoms with Crippen LogP contribution in [-0.2, 0) is 0 Å². The molecule has 0 saturated carbocycles. The van der Waals surface area contributed by atoms with Crippen molar-refractivity contribution in [2.45, 2.75) is 44.3 Å². The minimum Gasteiger partial charge on any atom is -0.327 e. The highest BCUT2D eigenvalue weighted by molar-refractivity contribution is 5.20. The van der Waals surface area contributed by atoms with Crippen molar-refractivity contribution in [3.63, 3.8) is 0 Å². The van der Waals surface area contributed by atoms with E-state index in [1.54, 1.807) is 0 Å². The molecular formula is C13H18F3N. The van der Waals surface area contributed by atoms with Gasteiger partial charge in [-0.25, -0.2) is 0 Å². The van der Waals surface area contributed by atoms with Gasteiger partial charge in [-0.2, -0.15) is 13.2 Å². The molecule has 1 nitrogen and oxygen atoms in total. The summed E-state index contributed by atoms with van der Waals surface area (Å²) in [7, 11) is 0. The quantitative estimate of drug-likeness (QED) is 0.837. The second kappa shape index (κ2) is 6.05. The van der Waals surface area contributed by atoms with Gasteiger partial charge in [-0.15, -0.1) is 0 Å². The molecule has 0 aliphatic carbocycles. The van der Waals surface area contributed by atoms with E-state index in [4.69, 9.17) is 5.73 Å².